The highest BCUT2D eigenvalue weighted by Crippen LogP contribution is 2.60. The summed E-state index contributed by atoms with van der Waals surface area (Å²) >= 11 is 0. The second kappa shape index (κ2) is 7.78. The Labute approximate surface area is 196 Å². The van der Waals surface area contributed by atoms with Gasteiger partial charge >= 0.3 is 0 Å². The fourth-order valence-electron chi connectivity index (χ4n) is 6.55. The number of hydrogen-bond donors (Lipinski definition) is 0. The van der Waals surface area contributed by atoms with Crippen molar-refractivity contribution in [3.05, 3.63) is 108 Å². The van der Waals surface area contributed by atoms with Crippen LogP contribution in [0.2, 0.25) is 0 Å². The predicted molar refractivity (Wildman–Crippen MR) is 129 cm³/mol. The van der Waals surface area contributed by atoms with E-state index in [0.29, 0.717) is 0 Å². The van der Waals surface area contributed by atoms with E-state index in [2.05, 4.69) is 122 Å². The molecule has 3 aromatic carbocycles. The number of benzene rings is 3. The summed E-state index contributed by atoms with van der Waals surface area (Å²) in [6.45, 7) is 8.72. The van der Waals surface area contributed by atoms with Crippen molar-refractivity contribution in [2.75, 3.05) is 13.1 Å². The third-order valence-electron chi connectivity index (χ3n) is 8.10. The van der Waals surface area contributed by atoms with Crippen molar-refractivity contribution in [2.45, 2.75) is 56.5 Å². The molecule has 0 amide bonds. The second-order valence-electron chi connectivity index (χ2n) is 9.76. The van der Waals surface area contributed by atoms with E-state index < -0.39 is 11.4 Å². The number of rotatable bonds is 3. The highest BCUT2D eigenvalue weighted by Gasteiger charge is 2.71. The smallest absolute Gasteiger partial charge is 0.191 e. The zero-order chi connectivity index (χ0) is 22.6. The first kappa shape index (κ1) is 21.1. The minimum Gasteiger partial charge on any atom is -0.346 e. The molecule has 0 bridgehead atoms. The maximum Gasteiger partial charge on any atom is 0.191 e. The molecule has 33 heavy (non-hydrogen) atoms. The molecule has 4 nitrogen and oxygen atoms in total. The lowest BCUT2D eigenvalue weighted by molar-refractivity contribution is -0.302. The van der Waals surface area contributed by atoms with Gasteiger partial charge in [-0.1, -0.05) is 91.0 Å². The number of nitrogens with zero attached hydrogens (tertiary/aromatic N) is 2. The van der Waals surface area contributed by atoms with Crippen LogP contribution in [0.1, 0.15) is 49.7 Å². The Morgan fingerprint density at radius 1 is 0.636 bits per heavy atom. The Hall–Kier alpha value is -2.50. The molecule has 0 unspecified atom stereocenters. The third-order valence-corrected chi connectivity index (χ3v) is 8.10. The van der Waals surface area contributed by atoms with E-state index in [0.717, 1.165) is 18.7 Å². The number of fused-ring (bicyclic) bond motifs is 3. The van der Waals surface area contributed by atoms with Gasteiger partial charge in [-0.15, -0.1) is 0 Å². The van der Waals surface area contributed by atoms with Gasteiger partial charge in [0, 0.05) is 30.7 Å². The van der Waals surface area contributed by atoms with Crippen LogP contribution < -0.4 is 0 Å². The van der Waals surface area contributed by atoms with Crippen molar-refractivity contribution in [3.8, 4) is 0 Å². The fourth-order valence-corrected chi connectivity index (χ4v) is 6.55. The minimum atomic E-state index is -0.704. The Morgan fingerprint density at radius 3 is 1.67 bits per heavy atom. The third kappa shape index (κ3) is 2.91. The standard InChI is InChI=1S/C29H32N2O2/c1-21-26(23-13-7-4-8-14-23)32-28(3)29(25-17-11-6-12-18-25)31(20-19-30(21)28)22(2)27(33-29)24-15-9-5-10-16-24/h4-18,21-22,26-27H,19-20H2,1-3H3/t21-,22-,26-,27-,28+,29-/m0/s1. The van der Waals surface area contributed by atoms with Crippen LogP contribution in [0.25, 0.3) is 0 Å². The minimum absolute atomic E-state index is 0.00795. The molecule has 6 atom stereocenters. The summed E-state index contributed by atoms with van der Waals surface area (Å²) in [5.74, 6) is 0. The van der Waals surface area contributed by atoms with Crippen LogP contribution in [0.15, 0.2) is 91.0 Å². The van der Waals surface area contributed by atoms with Crippen LogP contribution in [0, 0.1) is 0 Å². The quantitative estimate of drug-likeness (QED) is 0.537. The number of ether oxygens (including phenoxy) is 2. The maximum absolute atomic E-state index is 7.25. The van der Waals surface area contributed by atoms with E-state index in [1.54, 1.807) is 0 Å². The van der Waals surface area contributed by atoms with Gasteiger partial charge in [0.25, 0.3) is 0 Å². The first-order chi connectivity index (χ1) is 16.1. The molecule has 3 fully saturated rings. The van der Waals surface area contributed by atoms with E-state index in [-0.39, 0.29) is 24.3 Å². The van der Waals surface area contributed by atoms with Crippen LogP contribution >= 0.6 is 0 Å². The molecular weight excluding hydrogens is 408 g/mol. The molecule has 4 heteroatoms. The number of hydrogen-bond acceptors (Lipinski definition) is 4. The highest BCUT2D eigenvalue weighted by atomic mass is 16.6. The molecule has 0 aliphatic carbocycles. The maximum atomic E-state index is 7.25. The average molecular weight is 441 g/mol. The lowest BCUT2D eigenvalue weighted by atomic mass is 9.86. The van der Waals surface area contributed by atoms with Gasteiger partial charge in [-0.05, 0) is 31.9 Å². The first-order valence-corrected chi connectivity index (χ1v) is 12.1. The van der Waals surface area contributed by atoms with Gasteiger partial charge in [-0.3, -0.25) is 9.80 Å². The van der Waals surface area contributed by atoms with Crippen molar-refractivity contribution in [2.24, 2.45) is 0 Å². The van der Waals surface area contributed by atoms with E-state index in [1.165, 1.54) is 11.1 Å². The van der Waals surface area contributed by atoms with Gasteiger partial charge in [0.1, 0.15) is 12.2 Å². The largest absolute Gasteiger partial charge is 0.346 e. The summed E-state index contributed by atoms with van der Waals surface area (Å²) in [4.78, 5) is 5.09. The SMILES string of the molecule is C[C@H]1[C@@H](c2ccccc2)O[C@@]2(C)N1CCN1[C@@H](C)[C@@H](c3ccccc3)O[C@]12c1ccccc1. The van der Waals surface area contributed by atoms with E-state index in [1.807, 2.05) is 0 Å². The molecule has 0 saturated carbocycles. The van der Waals surface area contributed by atoms with Crippen molar-refractivity contribution >= 4 is 0 Å². The summed E-state index contributed by atoms with van der Waals surface area (Å²) in [6.07, 6.45) is -0.0377. The normalized spacial score (nSPS) is 36.5. The lowest BCUT2D eigenvalue weighted by Gasteiger charge is -2.56. The monoisotopic (exact) mass is 440 g/mol. The Kier molecular flexibility index (Phi) is 4.96. The Balaban J connectivity index is 1.51. The van der Waals surface area contributed by atoms with E-state index in [4.69, 9.17) is 9.47 Å². The summed E-state index contributed by atoms with van der Waals surface area (Å²) in [7, 11) is 0. The van der Waals surface area contributed by atoms with Crippen molar-refractivity contribution in [1.82, 2.24) is 9.80 Å². The zero-order valence-electron chi connectivity index (χ0n) is 19.6. The number of piperazine rings is 1. The lowest BCUT2D eigenvalue weighted by Crippen LogP contribution is -2.71. The summed E-state index contributed by atoms with van der Waals surface area (Å²) < 4.78 is 14.4. The van der Waals surface area contributed by atoms with Crippen LogP contribution in [-0.4, -0.2) is 40.7 Å². The van der Waals surface area contributed by atoms with E-state index >= 15 is 0 Å². The Morgan fingerprint density at radius 2 is 1.09 bits per heavy atom. The van der Waals surface area contributed by atoms with Crippen LogP contribution in [0.5, 0.6) is 0 Å². The van der Waals surface area contributed by atoms with Gasteiger partial charge in [-0.2, -0.15) is 0 Å². The fraction of sp³-hybridized carbons (Fsp3) is 0.379. The van der Waals surface area contributed by atoms with Crippen molar-refractivity contribution in [3.63, 3.8) is 0 Å². The molecule has 0 aromatic heterocycles. The molecule has 170 valence electrons. The van der Waals surface area contributed by atoms with Gasteiger partial charge in [0.05, 0.1) is 0 Å². The topological polar surface area (TPSA) is 24.9 Å². The molecule has 3 aromatic rings. The van der Waals surface area contributed by atoms with Crippen molar-refractivity contribution < 1.29 is 9.47 Å². The van der Waals surface area contributed by atoms with Crippen LogP contribution in [0.4, 0.5) is 0 Å². The van der Waals surface area contributed by atoms with Gasteiger partial charge in [-0.25, -0.2) is 0 Å². The second-order valence-corrected chi connectivity index (χ2v) is 9.76. The summed E-state index contributed by atoms with van der Waals surface area (Å²) in [5, 5.41) is 0. The van der Waals surface area contributed by atoms with Gasteiger partial charge in [0.15, 0.2) is 11.4 Å². The van der Waals surface area contributed by atoms with Gasteiger partial charge < -0.3 is 9.47 Å². The molecule has 0 spiro atoms. The predicted octanol–water partition coefficient (Wildman–Crippen LogP) is 5.49. The molecule has 3 aliphatic rings. The molecular formula is C29H32N2O2. The molecule has 3 aliphatic heterocycles. The average Bonchev–Trinajstić information content (AvgIpc) is 3.33. The first-order valence-electron chi connectivity index (χ1n) is 12.1. The molecule has 3 heterocycles. The molecule has 0 N–H and O–H groups in total. The van der Waals surface area contributed by atoms with Gasteiger partial charge in [0.2, 0.25) is 0 Å². The van der Waals surface area contributed by atoms with Crippen LogP contribution in [-0.2, 0) is 15.2 Å². The molecule has 6 rings (SSSR count). The Bertz CT molecular complexity index is 1110. The van der Waals surface area contributed by atoms with Crippen LogP contribution in [0.3, 0.4) is 0 Å². The summed E-state index contributed by atoms with van der Waals surface area (Å²) in [6, 6.07) is 32.4. The summed E-state index contributed by atoms with van der Waals surface area (Å²) in [5.41, 5.74) is 2.26. The highest BCUT2D eigenvalue weighted by molar-refractivity contribution is 5.34. The molecule has 3 saturated heterocycles. The van der Waals surface area contributed by atoms with E-state index in [9.17, 15) is 0 Å². The zero-order valence-corrected chi connectivity index (χ0v) is 19.6. The molecule has 0 radical (unpaired) electrons. The van der Waals surface area contributed by atoms with Crippen molar-refractivity contribution in [1.29, 1.82) is 0 Å².